The number of nitrogens with zero attached hydrogens (tertiary/aromatic N) is 3. The van der Waals surface area contributed by atoms with E-state index < -0.39 is 0 Å². The molecule has 0 aliphatic heterocycles. The zero-order valence-electron chi connectivity index (χ0n) is 7.87. The predicted molar refractivity (Wildman–Crippen MR) is 57.5 cm³/mol. The van der Waals surface area contributed by atoms with Crippen molar-refractivity contribution in [2.45, 2.75) is 10.9 Å². The molecule has 2 aromatic heterocycles. The third kappa shape index (κ3) is 2.92. The molecule has 0 saturated heterocycles. The predicted octanol–water partition coefficient (Wildman–Crippen LogP) is 1.87. The second-order valence-corrected chi connectivity index (χ2v) is 3.78. The molecular weight excluding hydrogens is 210 g/mol. The molecule has 0 amide bonds. The van der Waals surface area contributed by atoms with Crippen molar-refractivity contribution in [3.8, 4) is 5.88 Å². The molecule has 0 radical (unpaired) electrons. The number of aromatic hydroxyl groups is 1. The minimum atomic E-state index is 0.00206. The summed E-state index contributed by atoms with van der Waals surface area (Å²) in [7, 11) is 0. The summed E-state index contributed by atoms with van der Waals surface area (Å²) in [5.74, 6) is 0.772. The standard InChI is InChI=1S/C10H9N3OS/c14-9-3-6-12-10(13-9)15-7-8-1-4-11-5-2-8/h1-6H,7H2,(H,12,13,14). The SMILES string of the molecule is Oc1ccnc(SCc2ccncc2)n1. The van der Waals surface area contributed by atoms with Crippen LogP contribution in [-0.2, 0) is 5.75 Å². The molecule has 2 heterocycles. The van der Waals surface area contributed by atoms with Gasteiger partial charge in [-0.2, -0.15) is 4.98 Å². The molecule has 2 aromatic rings. The van der Waals surface area contributed by atoms with Crippen molar-refractivity contribution in [2.75, 3.05) is 0 Å². The zero-order valence-corrected chi connectivity index (χ0v) is 8.68. The topological polar surface area (TPSA) is 58.9 Å². The minimum absolute atomic E-state index is 0.00206. The quantitative estimate of drug-likeness (QED) is 0.630. The maximum absolute atomic E-state index is 9.14. The smallest absolute Gasteiger partial charge is 0.214 e. The van der Waals surface area contributed by atoms with Crippen LogP contribution in [0.5, 0.6) is 5.88 Å². The Labute approximate surface area is 91.4 Å². The van der Waals surface area contributed by atoms with Gasteiger partial charge in [0.2, 0.25) is 5.88 Å². The van der Waals surface area contributed by atoms with E-state index in [4.69, 9.17) is 5.11 Å². The first kappa shape index (κ1) is 9.92. The Morgan fingerprint density at radius 3 is 2.67 bits per heavy atom. The monoisotopic (exact) mass is 219 g/mol. The van der Waals surface area contributed by atoms with Gasteiger partial charge in [0.05, 0.1) is 0 Å². The zero-order chi connectivity index (χ0) is 10.5. The van der Waals surface area contributed by atoms with Crippen molar-refractivity contribution < 1.29 is 5.11 Å². The van der Waals surface area contributed by atoms with Gasteiger partial charge in [-0.1, -0.05) is 11.8 Å². The maximum Gasteiger partial charge on any atom is 0.214 e. The van der Waals surface area contributed by atoms with Crippen LogP contribution in [0.1, 0.15) is 5.56 Å². The van der Waals surface area contributed by atoms with Crippen LogP contribution in [0.15, 0.2) is 41.9 Å². The lowest BCUT2D eigenvalue weighted by Gasteiger charge is -1.99. The summed E-state index contributed by atoms with van der Waals surface area (Å²) < 4.78 is 0. The Hall–Kier alpha value is -1.62. The Morgan fingerprint density at radius 2 is 1.93 bits per heavy atom. The van der Waals surface area contributed by atoms with Gasteiger partial charge in [-0.15, -0.1) is 0 Å². The number of hydrogen-bond donors (Lipinski definition) is 1. The molecule has 0 bridgehead atoms. The Kier molecular flexibility index (Phi) is 3.14. The number of thioether (sulfide) groups is 1. The van der Waals surface area contributed by atoms with Gasteiger partial charge in [0.1, 0.15) is 0 Å². The molecule has 2 rings (SSSR count). The number of rotatable bonds is 3. The van der Waals surface area contributed by atoms with Crippen LogP contribution >= 0.6 is 11.8 Å². The molecule has 76 valence electrons. The van der Waals surface area contributed by atoms with E-state index in [1.807, 2.05) is 12.1 Å². The van der Waals surface area contributed by atoms with E-state index in [-0.39, 0.29) is 5.88 Å². The fourth-order valence-electron chi connectivity index (χ4n) is 1.03. The van der Waals surface area contributed by atoms with Gasteiger partial charge >= 0.3 is 0 Å². The summed E-state index contributed by atoms with van der Waals surface area (Å²) in [5, 5.41) is 9.71. The van der Waals surface area contributed by atoms with Gasteiger partial charge in [0.25, 0.3) is 0 Å². The van der Waals surface area contributed by atoms with Gasteiger partial charge in [-0.25, -0.2) is 4.98 Å². The summed E-state index contributed by atoms with van der Waals surface area (Å²) in [6, 6.07) is 5.34. The number of pyridine rings is 1. The van der Waals surface area contributed by atoms with Crippen LogP contribution in [-0.4, -0.2) is 20.1 Å². The molecule has 0 aliphatic rings. The normalized spacial score (nSPS) is 10.1. The summed E-state index contributed by atoms with van der Waals surface area (Å²) >= 11 is 1.48. The van der Waals surface area contributed by atoms with Gasteiger partial charge in [0, 0.05) is 30.4 Å². The van der Waals surface area contributed by atoms with Gasteiger partial charge in [-0.3, -0.25) is 4.98 Å². The van der Waals surface area contributed by atoms with E-state index >= 15 is 0 Å². The van der Waals surface area contributed by atoms with E-state index in [9.17, 15) is 0 Å². The lowest BCUT2D eigenvalue weighted by molar-refractivity contribution is 0.445. The highest BCUT2D eigenvalue weighted by molar-refractivity contribution is 7.98. The summed E-state index contributed by atoms with van der Waals surface area (Å²) in [6.45, 7) is 0. The molecular formula is C10H9N3OS. The molecule has 0 spiro atoms. The van der Waals surface area contributed by atoms with Crippen molar-refractivity contribution >= 4 is 11.8 Å². The Morgan fingerprint density at radius 1 is 1.13 bits per heavy atom. The molecule has 0 aromatic carbocycles. The van der Waals surface area contributed by atoms with Crippen molar-refractivity contribution in [3.05, 3.63) is 42.4 Å². The molecule has 4 nitrogen and oxygen atoms in total. The van der Waals surface area contributed by atoms with Gasteiger partial charge in [0.15, 0.2) is 5.16 Å². The van der Waals surface area contributed by atoms with Crippen LogP contribution in [0.3, 0.4) is 0 Å². The van der Waals surface area contributed by atoms with Crippen LogP contribution in [0, 0.1) is 0 Å². The molecule has 0 aliphatic carbocycles. The highest BCUT2D eigenvalue weighted by atomic mass is 32.2. The van der Waals surface area contributed by atoms with Crippen LogP contribution in [0.2, 0.25) is 0 Å². The van der Waals surface area contributed by atoms with E-state index in [0.29, 0.717) is 5.16 Å². The van der Waals surface area contributed by atoms with Gasteiger partial charge in [-0.05, 0) is 17.7 Å². The Balaban J connectivity index is 1.99. The molecule has 1 N–H and O–H groups in total. The number of aromatic nitrogens is 3. The molecule has 0 unspecified atom stereocenters. The summed E-state index contributed by atoms with van der Waals surface area (Å²) in [5.41, 5.74) is 1.15. The van der Waals surface area contributed by atoms with Crippen LogP contribution in [0.4, 0.5) is 0 Å². The fourth-order valence-corrected chi connectivity index (χ4v) is 1.81. The first-order valence-electron chi connectivity index (χ1n) is 4.38. The van der Waals surface area contributed by atoms with E-state index in [0.717, 1.165) is 11.3 Å². The minimum Gasteiger partial charge on any atom is -0.493 e. The number of hydrogen-bond acceptors (Lipinski definition) is 5. The Bertz CT molecular complexity index is 436. The lowest BCUT2D eigenvalue weighted by atomic mass is 10.3. The van der Waals surface area contributed by atoms with Crippen LogP contribution in [0.25, 0.3) is 0 Å². The first-order chi connectivity index (χ1) is 7.34. The largest absolute Gasteiger partial charge is 0.493 e. The van der Waals surface area contributed by atoms with Crippen molar-refractivity contribution in [3.63, 3.8) is 0 Å². The van der Waals surface area contributed by atoms with Crippen molar-refractivity contribution in [1.82, 2.24) is 15.0 Å². The molecule has 0 atom stereocenters. The summed E-state index contributed by atoms with van der Waals surface area (Å²) in [4.78, 5) is 11.8. The van der Waals surface area contributed by atoms with Gasteiger partial charge < -0.3 is 5.11 Å². The third-order valence-electron chi connectivity index (χ3n) is 1.74. The molecule has 0 saturated carbocycles. The van der Waals surface area contributed by atoms with E-state index in [2.05, 4.69) is 15.0 Å². The third-order valence-corrected chi connectivity index (χ3v) is 2.67. The lowest BCUT2D eigenvalue weighted by Crippen LogP contribution is -1.86. The summed E-state index contributed by atoms with van der Waals surface area (Å²) in [6.07, 6.45) is 5.04. The second-order valence-electron chi connectivity index (χ2n) is 2.84. The molecule has 5 heteroatoms. The first-order valence-corrected chi connectivity index (χ1v) is 5.37. The highest BCUT2D eigenvalue weighted by Crippen LogP contribution is 2.19. The fraction of sp³-hybridized carbons (Fsp3) is 0.100. The second kappa shape index (κ2) is 4.75. The van der Waals surface area contributed by atoms with E-state index in [1.165, 1.54) is 24.0 Å². The maximum atomic E-state index is 9.14. The average molecular weight is 219 g/mol. The van der Waals surface area contributed by atoms with Crippen molar-refractivity contribution in [1.29, 1.82) is 0 Å². The van der Waals surface area contributed by atoms with Crippen molar-refractivity contribution in [2.24, 2.45) is 0 Å². The molecule has 0 fully saturated rings. The highest BCUT2D eigenvalue weighted by Gasteiger charge is 1.99. The molecule has 15 heavy (non-hydrogen) atoms. The average Bonchev–Trinajstić information content (AvgIpc) is 2.28. The van der Waals surface area contributed by atoms with E-state index in [1.54, 1.807) is 12.4 Å². The van der Waals surface area contributed by atoms with Crippen LogP contribution < -0.4 is 0 Å².